The zero-order chi connectivity index (χ0) is 13.8. The van der Waals surface area contributed by atoms with Crippen molar-refractivity contribution >= 4 is 5.97 Å². The lowest BCUT2D eigenvalue weighted by Crippen LogP contribution is -2.09. The van der Waals surface area contributed by atoms with Gasteiger partial charge in [0.1, 0.15) is 0 Å². The first kappa shape index (κ1) is 12.7. The predicted molar refractivity (Wildman–Crippen MR) is 66.1 cm³/mol. The molecule has 1 aromatic heterocycles. The van der Waals surface area contributed by atoms with Gasteiger partial charge in [-0.3, -0.25) is 0 Å². The molecule has 1 heterocycles. The second-order valence-electron chi connectivity index (χ2n) is 3.80. The molecule has 0 N–H and O–H groups in total. The quantitative estimate of drug-likeness (QED) is 0.624. The zero-order valence-corrected chi connectivity index (χ0v) is 10.5. The summed E-state index contributed by atoms with van der Waals surface area (Å²) in [6.07, 6.45) is 1.42. The highest BCUT2D eigenvalue weighted by molar-refractivity contribution is 5.89. The second kappa shape index (κ2) is 5.27. The Morgan fingerprint density at radius 1 is 1.32 bits per heavy atom. The van der Waals surface area contributed by atoms with Crippen LogP contribution in [-0.4, -0.2) is 13.1 Å². The minimum Gasteiger partial charge on any atom is -0.493 e. The highest BCUT2D eigenvalue weighted by Crippen LogP contribution is 2.28. The van der Waals surface area contributed by atoms with E-state index in [0.29, 0.717) is 16.9 Å². The summed E-state index contributed by atoms with van der Waals surface area (Å²) >= 11 is 0. The summed E-state index contributed by atoms with van der Waals surface area (Å²) in [6, 6.07) is 8.20. The van der Waals surface area contributed by atoms with Crippen molar-refractivity contribution in [2.24, 2.45) is 0 Å². The van der Waals surface area contributed by atoms with E-state index in [4.69, 9.17) is 19.2 Å². The molecule has 0 fully saturated rings. The van der Waals surface area contributed by atoms with E-state index in [1.807, 2.05) is 6.07 Å². The third kappa shape index (κ3) is 2.58. The van der Waals surface area contributed by atoms with Gasteiger partial charge in [0, 0.05) is 11.6 Å². The molecule has 0 saturated carbocycles. The number of nitrogens with zero attached hydrogens (tertiary/aromatic N) is 1. The number of rotatable bonds is 3. The first-order valence-corrected chi connectivity index (χ1v) is 5.50. The normalized spacial score (nSPS) is 9.74. The Hall–Kier alpha value is -2.74. The van der Waals surface area contributed by atoms with E-state index in [9.17, 15) is 4.79 Å². The van der Waals surface area contributed by atoms with Crippen molar-refractivity contribution in [2.45, 2.75) is 6.92 Å². The Balaban J connectivity index is 2.27. The first-order valence-electron chi connectivity index (χ1n) is 5.50. The van der Waals surface area contributed by atoms with Gasteiger partial charge in [0.05, 0.1) is 25.0 Å². The van der Waals surface area contributed by atoms with Crippen LogP contribution in [-0.2, 0) is 0 Å². The Kier molecular flexibility index (Phi) is 3.53. The number of ether oxygens (including phenoxy) is 2. The number of hydrogen-bond acceptors (Lipinski definition) is 5. The summed E-state index contributed by atoms with van der Waals surface area (Å²) in [5, 5.41) is 8.79. The molecule has 0 bridgehead atoms. The number of furan rings is 1. The lowest BCUT2D eigenvalue weighted by molar-refractivity contribution is 0.0695. The van der Waals surface area contributed by atoms with Gasteiger partial charge in [-0.1, -0.05) is 0 Å². The Morgan fingerprint density at radius 2 is 2.11 bits per heavy atom. The summed E-state index contributed by atoms with van der Waals surface area (Å²) in [6.45, 7) is 1.75. The molecule has 0 aliphatic rings. The molecule has 0 radical (unpaired) electrons. The molecule has 0 amide bonds. The number of aryl methyl sites for hydroxylation is 1. The number of esters is 1. The van der Waals surface area contributed by atoms with Crippen LogP contribution in [0.25, 0.3) is 0 Å². The van der Waals surface area contributed by atoms with Crippen molar-refractivity contribution in [3.63, 3.8) is 0 Å². The number of carbonyl (C=O) groups is 1. The van der Waals surface area contributed by atoms with Crippen LogP contribution in [0, 0.1) is 18.3 Å². The third-order valence-electron chi connectivity index (χ3n) is 2.54. The Labute approximate surface area is 110 Å². The topological polar surface area (TPSA) is 72.5 Å². The molecule has 5 heteroatoms. The standard InChI is InChI=1S/C14H11NO4/c1-9-5-6-18-13(9)14(16)19-11-4-3-10(8-15)7-12(11)17-2/h3-7H,1-2H3. The van der Waals surface area contributed by atoms with E-state index in [1.165, 1.54) is 25.5 Å². The second-order valence-corrected chi connectivity index (χ2v) is 3.80. The van der Waals surface area contributed by atoms with Gasteiger partial charge in [0.25, 0.3) is 0 Å². The molecule has 2 rings (SSSR count). The average Bonchev–Trinajstić information content (AvgIpc) is 2.85. The minimum absolute atomic E-state index is 0.145. The van der Waals surface area contributed by atoms with Crippen molar-refractivity contribution in [3.8, 4) is 17.6 Å². The van der Waals surface area contributed by atoms with Gasteiger partial charge < -0.3 is 13.9 Å². The molecular formula is C14H11NO4. The molecule has 0 aliphatic carbocycles. The molecule has 0 atom stereocenters. The zero-order valence-electron chi connectivity index (χ0n) is 10.5. The van der Waals surface area contributed by atoms with Crippen molar-refractivity contribution in [1.82, 2.24) is 0 Å². The predicted octanol–water partition coefficient (Wildman–Crippen LogP) is 2.69. The average molecular weight is 257 g/mol. The Bertz CT molecular complexity index is 652. The smallest absolute Gasteiger partial charge is 0.380 e. The fraction of sp³-hybridized carbons (Fsp3) is 0.143. The molecule has 0 aliphatic heterocycles. The van der Waals surface area contributed by atoms with Crippen LogP contribution in [0.3, 0.4) is 0 Å². The molecule has 0 unspecified atom stereocenters. The monoisotopic (exact) mass is 257 g/mol. The fourth-order valence-electron chi connectivity index (χ4n) is 1.55. The lowest BCUT2D eigenvalue weighted by Gasteiger charge is -2.08. The molecule has 2 aromatic rings. The van der Waals surface area contributed by atoms with Crippen molar-refractivity contribution in [1.29, 1.82) is 5.26 Å². The van der Waals surface area contributed by atoms with Crippen LogP contribution >= 0.6 is 0 Å². The fourth-order valence-corrected chi connectivity index (χ4v) is 1.55. The number of carbonyl (C=O) groups excluding carboxylic acids is 1. The van der Waals surface area contributed by atoms with Crippen LogP contribution in [0.15, 0.2) is 34.9 Å². The van der Waals surface area contributed by atoms with Gasteiger partial charge in [-0.25, -0.2) is 4.79 Å². The maximum Gasteiger partial charge on any atom is 0.380 e. The molecule has 1 aromatic carbocycles. The molecule has 19 heavy (non-hydrogen) atoms. The maximum atomic E-state index is 11.9. The van der Waals surface area contributed by atoms with Crippen molar-refractivity contribution < 1.29 is 18.7 Å². The number of methoxy groups -OCH3 is 1. The number of benzene rings is 1. The van der Waals surface area contributed by atoms with Gasteiger partial charge in [-0.2, -0.15) is 5.26 Å². The van der Waals surface area contributed by atoms with E-state index in [0.717, 1.165) is 0 Å². The molecule has 0 saturated heterocycles. The van der Waals surface area contributed by atoms with Crippen LogP contribution in [0.5, 0.6) is 11.5 Å². The molecule has 0 spiro atoms. The lowest BCUT2D eigenvalue weighted by atomic mass is 10.2. The van der Waals surface area contributed by atoms with Gasteiger partial charge in [-0.15, -0.1) is 0 Å². The van der Waals surface area contributed by atoms with Crippen LogP contribution in [0.1, 0.15) is 21.7 Å². The van der Waals surface area contributed by atoms with Crippen molar-refractivity contribution in [2.75, 3.05) is 7.11 Å². The SMILES string of the molecule is COc1cc(C#N)ccc1OC(=O)c1occc1C. The van der Waals surface area contributed by atoms with Crippen LogP contribution < -0.4 is 9.47 Å². The summed E-state index contributed by atoms with van der Waals surface area (Å²) < 4.78 is 15.3. The largest absolute Gasteiger partial charge is 0.493 e. The summed E-state index contributed by atoms with van der Waals surface area (Å²) in [7, 11) is 1.44. The van der Waals surface area contributed by atoms with E-state index in [-0.39, 0.29) is 11.5 Å². The summed E-state index contributed by atoms with van der Waals surface area (Å²) in [5.41, 5.74) is 1.11. The first-order chi connectivity index (χ1) is 9.15. The summed E-state index contributed by atoms with van der Waals surface area (Å²) in [4.78, 5) is 11.9. The molecule has 5 nitrogen and oxygen atoms in total. The third-order valence-corrected chi connectivity index (χ3v) is 2.54. The van der Waals surface area contributed by atoms with Crippen molar-refractivity contribution in [3.05, 3.63) is 47.4 Å². The number of nitriles is 1. The van der Waals surface area contributed by atoms with E-state index in [1.54, 1.807) is 19.1 Å². The molecular weight excluding hydrogens is 246 g/mol. The Morgan fingerprint density at radius 3 is 2.68 bits per heavy atom. The van der Waals surface area contributed by atoms with Crippen LogP contribution in [0.4, 0.5) is 0 Å². The van der Waals surface area contributed by atoms with Gasteiger partial charge in [-0.05, 0) is 25.1 Å². The molecule has 96 valence electrons. The van der Waals surface area contributed by atoms with E-state index >= 15 is 0 Å². The van der Waals surface area contributed by atoms with E-state index < -0.39 is 5.97 Å². The van der Waals surface area contributed by atoms with E-state index in [2.05, 4.69) is 0 Å². The van der Waals surface area contributed by atoms with Gasteiger partial charge in [0.2, 0.25) is 5.76 Å². The van der Waals surface area contributed by atoms with Gasteiger partial charge in [0.15, 0.2) is 11.5 Å². The maximum absolute atomic E-state index is 11.9. The summed E-state index contributed by atoms with van der Waals surface area (Å²) in [5.74, 6) is 0.0934. The number of hydrogen-bond donors (Lipinski definition) is 0. The van der Waals surface area contributed by atoms with Gasteiger partial charge >= 0.3 is 5.97 Å². The van der Waals surface area contributed by atoms with Crippen LogP contribution in [0.2, 0.25) is 0 Å². The minimum atomic E-state index is -0.606. The highest BCUT2D eigenvalue weighted by atomic mass is 16.6. The highest BCUT2D eigenvalue weighted by Gasteiger charge is 2.17.